The number of pyridine rings is 1. The second-order valence-electron chi connectivity index (χ2n) is 6.82. The molecule has 1 saturated heterocycles. The Morgan fingerprint density at radius 1 is 1.12 bits per heavy atom. The van der Waals surface area contributed by atoms with E-state index in [4.69, 9.17) is 0 Å². The number of halogens is 1. The molecule has 0 saturated carbocycles. The summed E-state index contributed by atoms with van der Waals surface area (Å²) in [6.07, 6.45) is 3.48. The summed E-state index contributed by atoms with van der Waals surface area (Å²) in [7, 11) is 0. The minimum Gasteiger partial charge on any atom is -0.344 e. The molecule has 1 aliphatic heterocycles. The summed E-state index contributed by atoms with van der Waals surface area (Å²) in [5.41, 5.74) is 2.41. The predicted octanol–water partition coefficient (Wildman–Crippen LogP) is 2.87. The highest BCUT2D eigenvalue weighted by Crippen LogP contribution is 2.31. The monoisotopic (exact) mass is 353 g/mol. The van der Waals surface area contributed by atoms with Gasteiger partial charge in [0.1, 0.15) is 17.2 Å². The van der Waals surface area contributed by atoms with E-state index in [0.29, 0.717) is 5.69 Å². The third-order valence-electron chi connectivity index (χ3n) is 5.08. The van der Waals surface area contributed by atoms with Gasteiger partial charge < -0.3 is 10.2 Å². The van der Waals surface area contributed by atoms with Gasteiger partial charge >= 0.3 is 0 Å². The first-order valence-electron chi connectivity index (χ1n) is 8.97. The molecule has 4 rings (SSSR count). The molecule has 5 nitrogen and oxygen atoms in total. The fourth-order valence-electron chi connectivity index (χ4n) is 3.73. The molecule has 1 aliphatic carbocycles. The third kappa shape index (κ3) is 3.19. The first kappa shape index (κ1) is 16.7. The molecule has 1 unspecified atom stereocenters. The standard InChI is InChI=1S/C20H20FN3O2/c21-14-7-8-15-13(12-14)6-9-16(15)23-19(25)17-4-3-5-18(22-17)20(26)24-10-1-2-11-24/h3-5,7-8,12,16H,1-2,6,9-11H2,(H,23,25). The van der Waals surface area contributed by atoms with E-state index in [1.807, 2.05) is 0 Å². The number of carbonyl (C=O) groups is 2. The van der Waals surface area contributed by atoms with Crippen LogP contribution in [0, 0.1) is 5.82 Å². The van der Waals surface area contributed by atoms with Gasteiger partial charge in [-0.2, -0.15) is 0 Å². The lowest BCUT2D eigenvalue weighted by Crippen LogP contribution is -2.31. The molecule has 2 aromatic rings. The van der Waals surface area contributed by atoms with Crippen molar-refractivity contribution in [3.8, 4) is 0 Å². The number of fused-ring (bicyclic) bond motifs is 1. The van der Waals surface area contributed by atoms with E-state index >= 15 is 0 Å². The van der Waals surface area contributed by atoms with E-state index in [2.05, 4.69) is 10.3 Å². The van der Waals surface area contributed by atoms with Crippen LogP contribution in [0.25, 0.3) is 0 Å². The number of hydrogen-bond donors (Lipinski definition) is 1. The number of nitrogens with one attached hydrogen (secondary N) is 1. The lowest BCUT2D eigenvalue weighted by atomic mass is 10.1. The normalized spacial score (nSPS) is 18.7. The Morgan fingerprint density at radius 2 is 1.88 bits per heavy atom. The SMILES string of the molecule is O=C(NC1CCc2cc(F)ccc21)c1cccc(C(=O)N2CCCC2)n1. The van der Waals surface area contributed by atoms with Gasteiger partial charge in [-0.05, 0) is 61.1 Å². The first-order valence-corrected chi connectivity index (χ1v) is 8.97. The van der Waals surface area contributed by atoms with Crippen LogP contribution in [0.5, 0.6) is 0 Å². The molecule has 0 bridgehead atoms. The summed E-state index contributed by atoms with van der Waals surface area (Å²) in [6, 6.07) is 9.44. The van der Waals surface area contributed by atoms with Crippen molar-refractivity contribution >= 4 is 11.8 Å². The fraction of sp³-hybridized carbons (Fsp3) is 0.350. The van der Waals surface area contributed by atoms with Crippen molar-refractivity contribution in [3.05, 3.63) is 64.7 Å². The van der Waals surface area contributed by atoms with E-state index in [9.17, 15) is 14.0 Å². The second-order valence-corrected chi connectivity index (χ2v) is 6.82. The average Bonchev–Trinajstić information content (AvgIpc) is 3.31. The quantitative estimate of drug-likeness (QED) is 0.923. The third-order valence-corrected chi connectivity index (χ3v) is 5.08. The number of aromatic nitrogens is 1. The van der Waals surface area contributed by atoms with Crippen LogP contribution in [-0.4, -0.2) is 34.8 Å². The zero-order chi connectivity index (χ0) is 18.1. The van der Waals surface area contributed by atoms with Crippen LogP contribution in [0.2, 0.25) is 0 Å². The van der Waals surface area contributed by atoms with Crippen molar-refractivity contribution in [2.75, 3.05) is 13.1 Å². The van der Waals surface area contributed by atoms with Crippen molar-refractivity contribution in [2.45, 2.75) is 31.7 Å². The highest BCUT2D eigenvalue weighted by Gasteiger charge is 2.26. The molecule has 6 heteroatoms. The minimum atomic E-state index is -0.316. The summed E-state index contributed by atoms with van der Waals surface area (Å²) in [5, 5.41) is 2.96. The van der Waals surface area contributed by atoms with Gasteiger partial charge in [-0.15, -0.1) is 0 Å². The summed E-state index contributed by atoms with van der Waals surface area (Å²) >= 11 is 0. The van der Waals surface area contributed by atoms with E-state index in [1.54, 1.807) is 29.2 Å². The van der Waals surface area contributed by atoms with Crippen molar-refractivity contribution in [2.24, 2.45) is 0 Å². The highest BCUT2D eigenvalue weighted by atomic mass is 19.1. The maximum atomic E-state index is 13.3. The minimum absolute atomic E-state index is 0.126. The van der Waals surface area contributed by atoms with E-state index < -0.39 is 0 Å². The Balaban J connectivity index is 1.49. The molecule has 0 spiro atoms. The molecule has 2 aliphatic rings. The summed E-state index contributed by atoms with van der Waals surface area (Å²) in [5.74, 6) is -0.701. The van der Waals surface area contributed by atoms with Gasteiger partial charge in [-0.3, -0.25) is 9.59 Å². The molecule has 26 heavy (non-hydrogen) atoms. The van der Waals surface area contributed by atoms with E-state index in [-0.39, 0.29) is 29.4 Å². The number of hydrogen-bond acceptors (Lipinski definition) is 3. The molecular weight excluding hydrogens is 333 g/mol. The zero-order valence-corrected chi connectivity index (χ0v) is 14.4. The Kier molecular flexibility index (Phi) is 4.41. The van der Waals surface area contributed by atoms with Gasteiger partial charge in [-0.25, -0.2) is 9.37 Å². The molecule has 2 amide bonds. The number of likely N-dealkylation sites (tertiary alicyclic amines) is 1. The summed E-state index contributed by atoms with van der Waals surface area (Å²) in [4.78, 5) is 31.1. The van der Waals surface area contributed by atoms with Gasteiger partial charge in [-0.1, -0.05) is 12.1 Å². The summed E-state index contributed by atoms with van der Waals surface area (Å²) < 4.78 is 13.3. The van der Waals surface area contributed by atoms with Gasteiger partial charge in [0.25, 0.3) is 11.8 Å². The molecular formula is C20H20FN3O2. The van der Waals surface area contributed by atoms with Gasteiger partial charge in [0.05, 0.1) is 6.04 Å². The molecule has 134 valence electrons. The van der Waals surface area contributed by atoms with Crippen LogP contribution < -0.4 is 5.32 Å². The number of nitrogens with zero attached hydrogens (tertiary/aromatic N) is 2. The molecule has 1 N–H and O–H groups in total. The van der Waals surface area contributed by atoms with E-state index in [1.165, 1.54) is 12.1 Å². The van der Waals surface area contributed by atoms with Gasteiger partial charge in [0.2, 0.25) is 0 Å². The Morgan fingerprint density at radius 3 is 2.69 bits per heavy atom. The largest absolute Gasteiger partial charge is 0.344 e. The van der Waals surface area contributed by atoms with Crippen molar-refractivity contribution < 1.29 is 14.0 Å². The lowest BCUT2D eigenvalue weighted by Gasteiger charge is -2.16. The van der Waals surface area contributed by atoms with Crippen molar-refractivity contribution in [1.29, 1.82) is 0 Å². The van der Waals surface area contributed by atoms with Crippen molar-refractivity contribution in [3.63, 3.8) is 0 Å². The Labute approximate surface area is 151 Å². The van der Waals surface area contributed by atoms with Gasteiger partial charge in [0, 0.05) is 13.1 Å². The van der Waals surface area contributed by atoms with Crippen molar-refractivity contribution in [1.82, 2.24) is 15.2 Å². The number of carbonyl (C=O) groups excluding carboxylic acids is 2. The van der Waals surface area contributed by atoms with Crippen LogP contribution in [-0.2, 0) is 6.42 Å². The Bertz CT molecular complexity index is 862. The fourth-order valence-corrected chi connectivity index (χ4v) is 3.73. The van der Waals surface area contributed by atoms with Crippen LogP contribution in [0.15, 0.2) is 36.4 Å². The van der Waals surface area contributed by atoms with Crippen LogP contribution in [0.4, 0.5) is 4.39 Å². The maximum Gasteiger partial charge on any atom is 0.272 e. The highest BCUT2D eigenvalue weighted by molar-refractivity contribution is 5.96. The summed E-state index contributed by atoms with van der Waals surface area (Å²) in [6.45, 7) is 1.48. The Hall–Kier alpha value is -2.76. The maximum absolute atomic E-state index is 13.3. The van der Waals surface area contributed by atoms with E-state index in [0.717, 1.165) is 49.9 Å². The first-order chi connectivity index (χ1) is 12.6. The second kappa shape index (κ2) is 6.86. The zero-order valence-electron chi connectivity index (χ0n) is 14.4. The number of amides is 2. The predicted molar refractivity (Wildman–Crippen MR) is 94.3 cm³/mol. The molecule has 1 aromatic heterocycles. The average molecular weight is 353 g/mol. The smallest absolute Gasteiger partial charge is 0.272 e. The van der Waals surface area contributed by atoms with Crippen LogP contribution in [0.1, 0.15) is 57.4 Å². The van der Waals surface area contributed by atoms with Crippen LogP contribution in [0.3, 0.4) is 0 Å². The lowest BCUT2D eigenvalue weighted by molar-refractivity contribution is 0.0787. The molecule has 0 radical (unpaired) electrons. The van der Waals surface area contributed by atoms with Gasteiger partial charge in [0.15, 0.2) is 0 Å². The number of rotatable bonds is 3. The number of benzene rings is 1. The molecule has 1 fully saturated rings. The topological polar surface area (TPSA) is 62.3 Å². The molecule has 1 aromatic carbocycles. The number of aryl methyl sites for hydroxylation is 1. The van der Waals surface area contributed by atoms with Crippen LogP contribution >= 0.6 is 0 Å². The molecule has 2 heterocycles. The molecule has 1 atom stereocenters.